The molecule has 1 N–H and O–H groups in total. The summed E-state index contributed by atoms with van der Waals surface area (Å²) in [5, 5.41) is 7.32. The van der Waals surface area contributed by atoms with E-state index >= 15 is 0 Å². The number of nitrogens with one attached hydrogen (secondary N) is 1. The third-order valence-electron chi connectivity index (χ3n) is 4.06. The molecule has 0 atom stereocenters. The molecule has 1 aliphatic rings. The molecule has 2 aromatic rings. The van der Waals surface area contributed by atoms with Crippen molar-refractivity contribution in [2.45, 2.75) is 32.2 Å². The van der Waals surface area contributed by atoms with E-state index in [0.29, 0.717) is 10.8 Å². The van der Waals surface area contributed by atoms with E-state index in [9.17, 15) is 0 Å². The molecule has 6 heteroatoms. The van der Waals surface area contributed by atoms with E-state index in [1.165, 1.54) is 13.0 Å². The predicted molar refractivity (Wildman–Crippen MR) is 85.6 cm³/mol. The Morgan fingerprint density at radius 1 is 1.33 bits per heavy atom. The molecule has 2 aromatic heterocycles. The molecule has 1 saturated heterocycles. The predicted octanol–water partition coefficient (Wildman–Crippen LogP) is 3.05. The van der Waals surface area contributed by atoms with Crippen LogP contribution in [0.5, 0.6) is 0 Å². The minimum atomic E-state index is 0.418. The van der Waals surface area contributed by atoms with Crippen LogP contribution in [0.1, 0.15) is 32.2 Å². The molecule has 0 unspecified atom stereocenters. The number of aromatic nitrogens is 4. The highest BCUT2D eigenvalue weighted by atomic mass is 32.1. The van der Waals surface area contributed by atoms with Gasteiger partial charge in [0, 0.05) is 25.3 Å². The number of H-pyrrole nitrogens is 1. The van der Waals surface area contributed by atoms with Gasteiger partial charge in [0.05, 0.1) is 0 Å². The fourth-order valence-electron chi connectivity index (χ4n) is 3.04. The van der Waals surface area contributed by atoms with Crippen molar-refractivity contribution in [1.29, 1.82) is 0 Å². The van der Waals surface area contributed by atoms with Crippen molar-refractivity contribution in [2.24, 2.45) is 0 Å². The number of aromatic amines is 1. The van der Waals surface area contributed by atoms with Crippen molar-refractivity contribution in [1.82, 2.24) is 24.6 Å². The number of nitrogens with zero attached hydrogens (tertiary/aromatic N) is 4. The lowest BCUT2D eigenvalue weighted by atomic mass is 10.0. The van der Waals surface area contributed by atoms with Crippen LogP contribution in [-0.2, 0) is 0 Å². The largest absolute Gasteiger partial charge is 0.303 e. The lowest BCUT2D eigenvalue weighted by Crippen LogP contribution is -2.35. The highest BCUT2D eigenvalue weighted by Crippen LogP contribution is 2.27. The fourth-order valence-corrected chi connectivity index (χ4v) is 3.32. The van der Waals surface area contributed by atoms with Crippen LogP contribution in [0.2, 0.25) is 0 Å². The first kappa shape index (κ1) is 14.4. The Hall–Kier alpha value is -1.53. The van der Waals surface area contributed by atoms with Gasteiger partial charge in [-0.15, -0.1) is 0 Å². The molecule has 0 aromatic carbocycles. The molecular formula is C15H21N5S. The van der Waals surface area contributed by atoms with Crippen molar-refractivity contribution >= 4 is 12.2 Å². The topological polar surface area (TPSA) is 49.7 Å². The van der Waals surface area contributed by atoms with E-state index in [1.807, 2.05) is 18.2 Å². The summed E-state index contributed by atoms with van der Waals surface area (Å²) >= 11 is 5.44. The summed E-state index contributed by atoms with van der Waals surface area (Å²) < 4.78 is 2.85. The normalized spacial score (nSPS) is 17.2. The van der Waals surface area contributed by atoms with Gasteiger partial charge in [-0.05, 0) is 50.2 Å². The number of rotatable bonds is 4. The molecule has 0 amide bonds. The van der Waals surface area contributed by atoms with Crippen LogP contribution >= 0.6 is 12.2 Å². The Kier molecular flexibility index (Phi) is 4.45. The number of hydrogen-bond donors (Lipinski definition) is 1. The average molecular weight is 303 g/mol. The van der Waals surface area contributed by atoms with Gasteiger partial charge in [-0.2, -0.15) is 5.10 Å². The summed E-state index contributed by atoms with van der Waals surface area (Å²) in [6.07, 6.45) is 5.25. The summed E-state index contributed by atoms with van der Waals surface area (Å²) in [5.41, 5.74) is 0.876. The van der Waals surface area contributed by atoms with E-state index in [2.05, 4.69) is 31.6 Å². The van der Waals surface area contributed by atoms with Crippen LogP contribution in [0.15, 0.2) is 24.4 Å². The maximum atomic E-state index is 5.44. The second kappa shape index (κ2) is 6.49. The van der Waals surface area contributed by atoms with Crippen LogP contribution in [0.3, 0.4) is 0 Å². The van der Waals surface area contributed by atoms with Crippen LogP contribution < -0.4 is 0 Å². The van der Waals surface area contributed by atoms with Gasteiger partial charge >= 0.3 is 0 Å². The Morgan fingerprint density at radius 3 is 2.81 bits per heavy atom. The molecule has 0 bridgehead atoms. The Morgan fingerprint density at radius 2 is 2.14 bits per heavy atom. The molecule has 3 heterocycles. The number of hydrogen-bond acceptors (Lipinski definition) is 4. The van der Waals surface area contributed by atoms with Gasteiger partial charge in [0.2, 0.25) is 0 Å². The first-order chi connectivity index (χ1) is 10.3. The molecule has 1 aliphatic heterocycles. The van der Waals surface area contributed by atoms with Crippen LogP contribution in [0.4, 0.5) is 0 Å². The minimum Gasteiger partial charge on any atom is -0.303 e. The Balaban J connectivity index is 1.84. The van der Waals surface area contributed by atoms with Crippen molar-refractivity contribution in [2.75, 3.05) is 19.6 Å². The summed E-state index contributed by atoms with van der Waals surface area (Å²) in [7, 11) is 0. The van der Waals surface area contributed by atoms with Gasteiger partial charge in [0.15, 0.2) is 10.6 Å². The molecule has 1 fully saturated rings. The third kappa shape index (κ3) is 3.06. The van der Waals surface area contributed by atoms with Gasteiger partial charge < -0.3 is 4.90 Å². The average Bonchev–Trinajstić information content (AvgIpc) is 2.91. The molecule has 0 saturated carbocycles. The molecule has 112 valence electrons. The minimum absolute atomic E-state index is 0.418. The van der Waals surface area contributed by atoms with Crippen molar-refractivity contribution in [3.63, 3.8) is 0 Å². The smallest absolute Gasteiger partial charge is 0.195 e. The quantitative estimate of drug-likeness (QED) is 0.882. The first-order valence-corrected chi connectivity index (χ1v) is 8.01. The van der Waals surface area contributed by atoms with E-state index in [-0.39, 0.29) is 0 Å². The van der Waals surface area contributed by atoms with Crippen molar-refractivity contribution in [3.8, 4) is 11.5 Å². The molecule has 0 aliphatic carbocycles. The highest BCUT2D eigenvalue weighted by Gasteiger charge is 2.23. The van der Waals surface area contributed by atoms with Gasteiger partial charge in [0.25, 0.3) is 0 Å². The monoisotopic (exact) mass is 303 g/mol. The van der Waals surface area contributed by atoms with Crippen molar-refractivity contribution in [3.05, 3.63) is 29.2 Å². The van der Waals surface area contributed by atoms with E-state index < -0.39 is 0 Å². The molecular weight excluding hydrogens is 282 g/mol. The standard InChI is InChI=1S/C15H21N5S/c1-2-9-19-10-6-12(7-11-19)20-14(17-18-15(20)21)13-5-3-4-8-16-13/h3-5,8,12H,2,6-7,9-11H2,1H3,(H,18,21). The molecule has 21 heavy (non-hydrogen) atoms. The van der Waals surface area contributed by atoms with E-state index in [4.69, 9.17) is 12.2 Å². The summed E-state index contributed by atoms with van der Waals surface area (Å²) in [4.78, 5) is 6.93. The molecule has 3 rings (SSSR count). The Bertz CT molecular complexity index is 625. The molecule has 0 spiro atoms. The zero-order valence-electron chi connectivity index (χ0n) is 12.3. The molecule has 5 nitrogen and oxygen atoms in total. The van der Waals surface area contributed by atoms with E-state index in [0.717, 1.165) is 37.4 Å². The zero-order chi connectivity index (χ0) is 14.7. The second-order valence-electron chi connectivity index (χ2n) is 5.51. The van der Waals surface area contributed by atoms with Gasteiger partial charge in [0.1, 0.15) is 5.69 Å². The Labute approximate surface area is 130 Å². The second-order valence-corrected chi connectivity index (χ2v) is 5.90. The molecule has 0 radical (unpaired) electrons. The fraction of sp³-hybridized carbons (Fsp3) is 0.533. The lowest BCUT2D eigenvalue weighted by Gasteiger charge is -2.32. The number of pyridine rings is 1. The number of piperidine rings is 1. The first-order valence-electron chi connectivity index (χ1n) is 7.60. The van der Waals surface area contributed by atoms with E-state index in [1.54, 1.807) is 6.20 Å². The SMILES string of the molecule is CCCN1CCC(n2c(-c3ccccn3)n[nH]c2=S)CC1. The van der Waals surface area contributed by atoms with Crippen LogP contribution in [0.25, 0.3) is 11.5 Å². The maximum Gasteiger partial charge on any atom is 0.195 e. The van der Waals surface area contributed by atoms with Gasteiger partial charge in [-0.25, -0.2) is 0 Å². The summed E-state index contributed by atoms with van der Waals surface area (Å²) in [6.45, 7) is 5.69. The summed E-state index contributed by atoms with van der Waals surface area (Å²) in [6, 6.07) is 6.29. The van der Waals surface area contributed by atoms with Gasteiger partial charge in [-0.1, -0.05) is 13.0 Å². The highest BCUT2D eigenvalue weighted by molar-refractivity contribution is 7.71. The third-order valence-corrected chi connectivity index (χ3v) is 4.35. The zero-order valence-corrected chi connectivity index (χ0v) is 13.1. The number of likely N-dealkylation sites (tertiary alicyclic amines) is 1. The maximum absolute atomic E-state index is 5.44. The summed E-state index contributed by atoms with van der Waals surface area (Å²) in [5.74, 6) is 0.856. The lowest BCUT2D eigenvalue weighted by molar-refractivity contribution is 0.187. The van der Waals surface area contributed by atoms with Crippen molar-refractivity contribution < 1.29 is 0 Å². The van der Waals surface area contributed by atoms with Crippen LogP contribution in [0, 0.1) is 4.77 Å². The van der Waals surface area contributed by atoms with Gasteiger partial charge in [-0.3, -0.25) is 14.6 Å². The van der Waals surface area contributed by atoms with Crippen LogP contribution in [-0.4, -0.2) is 44.3 Å².